The minimum atomic E-state index is -1.12. The van der Waals surface area contributed by atoms with Gasteiger partial charge in [0.05, 0.1) is 5.02 Å². The highest BCUT2D eigenvalue weighted by molar-refractivity contribution is 6.30. The van der Waals surface area contributed by atoms with Gasteiger partial charge in [-0.05, 0) is 53.6 Å². The molecule has 31 heavy (non-hydrogen) atoms. The fourth-order valence-electron chi connectivity index (χ4n) is 3.37. The van der Waals surface area contributed by atoms with Crippen LogP contribution in [0, 0.1) is 5.82 Å². The predicted octanol–water partition coefficient (Wildman–Crippen LogP) is 4.51. The zero-order chi connectivity index (χ0) is 22.0. The summed E-state index contributed by atoms with van der Waals surface area (Å²) in [5.41, 5.74) is 2.50. The van der Waals surface area contributed by atoms with Crippen molar-refractivity contribution in [1.29, 1.82) is 0 Å². The van der Waals surface area contributed by atoms with E-state index >= 15 is 0 Å². The van der Waals surface area contributed by atoms with E-state index < -0.39 is 11.8 Å². The van der Waals surface area contributed by atoms with Crippen molar-refractivity contribution in [1.82, 2.24) is 14.9 Å². The number of aromatic nitrogens is 2. The molecule has 0 radical (unpaired) electrons. The summed E-state index contributed by atoms with van der Waals surface area (Å²) < 4.78 is 15.4. The number of hydrogen-bond acceptors (Lipinski definition) is 3. The number of pyridine rings is 1. The van der Waals surface area contributed by atoms with E-state index in [1.54, 1.807) is 47.3 Å². The Morgan fingerprint density at radius 3 is 2.65 bits per heavy atom. The quantitative estimate of drug-likeness (QED) is 0.465. The van der Waals surface area contributed by atoms with Crippen LogP contribution in [-0.2, 0) is 13.1 Å². The van der Waals surface area contributed by atoms with E-state index in [1.807, 2.05) is 6.07 Å². The molecule has 0 saturated carbocycles. The van der Waals surface area contributed by atoms with Gasteiger partial charge in [0.15, 0.2) is 0 Å². The number of rotatable bonds is 6. The third kappa shape index (κ3) is 4.41. The monoisotopic (exact) mass is 437 g/mol. The van der Waals surface area contributed by atoms with E-state index in [-0.39, 0.29) is 23.2 Å². The van der Waals surface area contributed by atoms with Crippen molar-refractivity contribution in [2.75, 3.05) is 0 Å². The second-order valence-corrected chi connectivity index (χ2v) is 7.39. The number of aromatic carboxylic acids is 1. The topological polar surface area (TPSA) is 84.2 Å². The van der Waals surface area contributed by atoms with Gasteiger partial charge in [0.25, 0.3) is 5.91 Å². The molecule has 4 aromatic rings. The SMILES string of the molecule is O=C(NCc1cccnc1)c1ccc2c(c1)cc(C(=O)O)n2Cc1ccc(Cl)c(F)c1. The van der Waals surface area contributed by atoms with E-state index in [0.29, 0.717) is 28.6 Å². The lowest BCUT2D eigenvalue weighted by Gasteiger charge is -2.10. The Kier molecular flexibility index (Phi) is 5.68. The van der Waals surface area contributed by atoms with E-state index in [1.165, 1.54) is 18.2 Å². The van der Waals surface area contributed by atoms with Crippen LogP contribution >= 0.6 is 11.6 Å². The molecular weight excluding hydrogens is 421 g/mol. The lowest BCUT2D eigenvalue weighted by Crippen LogP contribution is -2.22. The Morgan fingerprint density at radius 1 is 1.10 bits per heavy atom. The molecule has 2 aromatic heterocycles. The first-order valence-corrected chi connectivity index (χ1v) is 9.78. The summed E-state index contributed by atoms with van der Waals surface area (Å²) in [6, 6.07) is 14.5. The Balaban J connectivity index is 1.63. The molecule has 0 atom stereocenters. The number of benzene rings is 2. The molecule has 2 heterocycles. The summed E-state index contributed by atoms with van der Waals surface area (Å²) in [4.78, 5) is 28.3. The number of carbonyl (C=O) groups excluding carboxylic acids is 1. The molecule has 0 aliphatic heterocycles. The number of halogens is 2. The molecule has 0 saturated heterocycles. The van der Waals surface area contributed by atoms with Gasteiger partial charge >= 0.3 is 5.97 Å². The van der Waals surface area contributed by atoms with E-state index in [0.717, 1.165) is 5.56 Å². The van der Waals surface area contributed by atoms with Crippen LogP contribution in [0.15, 0.2) is 67.0 Å². The number of carboxylic acids is 1. The normalized spacial score (nSPS) is 10.9. The number of hydrogen-bond donors (Lipinski definition) is 2. The van der Waals surface area contributed by atoms with Crippen LogP contribution < -0.4 is 5.32 Å². The Hall–Kier alpha value is -3.71. The highest BCUT2D eigenvalue weighted by Crippen LogP contribution is 2.24. The summed E-state index contributed by atoms with van der Waals surface area (Å²) in [6.45, 7) is 0.472. The van der Waals surface area contributed by atoms with Crippen LogP contribution in [0.4, 0.5) is 4.39 Å². The van der Waals surface area contributed by atoms with Crippen LogP contribution in [0.3, 0.4) is 0 Å². The average molecular weight is 438 g/mol. The van der Waals surface area contributed by atoms with Gasteiger partial charge in [0.2, 0.25) is 0 Å². The summed E-state index contributed by atoms with van der Waals surface area (Å²) in [5.74, 6) is -1.97. The molecule has 0 aliphatic carbocycles. The molecule has 0 fully saturated rings. The smallest absolute Gasteiger partial charge is 0.352 e. The van der Waals surface area contributed by atoms with Crippen LogP contribution in [0.5, 0.6) is 0 Å². The number of nitrogens with one attached hydrogen (secondary N) is 1. The molecule has 0 aliphatic rings. The first-order valence-electron chi connectivity index (χ1n) is 9.40. The van der Waals surface area contributed by atoms with Gasteiger partial charge in [-0.1, -0.05) is 23.7 Å². The second kappa shape index (κ2) is 8.57. The number of carbonyl (C=O) groups is 2. The maximum Gasteiger partial charge on any atom is 0.352 e. The zero-order valence-electron chi connectivity index (χ0n) is 16.2. The van der Waals surface area contributed by atoms with Crippen molar-refractivity contribution >= 4 is 34.4 Å². The average Bonchev–Trinajstić information content (AvgIpc) is 3.13. The molecule has 2 aromatic carbocycles. The maximum absolute atomic E-state index is 13.8. The molecule has 6 nitrogen and oxygen atoms in total. The van der Waals surface area contributed by atoms with Crippen LogP contribution in [-0.4, -0.2) is 26.5 Å². The lowest BCUT2D eigenvalue weighted by atomic mass is 10.1. The second-order valence-electron chi connectivity index (χ2n) is 6.99. The Bertz CT molecular complexity index is 1290. The number of nitrogens with zero attached hydrogens (tertiary/aromatic N) is 2. The maximum atomic E-state index is 13.8. The molecule has 1 amide bonds. The van der Waals surface area contributed by atoms with Gasteiger partial charge in [-0.15, -0.1) is 0 Å². The third-order valence-corrected chi connectivity index (χ3v) is 5.19. The van der Waals surface area contributed by atoms with Gasteiger partial charge in [0.1, 0.15) is 11.5 Å². The Morgan fingerprint density at radius 2 is 1.94 bits per heavy atom. The largest absolute Gasteiger partial charge is 0.477 e. The standard InChI is InChI=1S/C23H17ClFN3O3/c24-18-5-3-14(8-19(18)25)13-28-20-6-4-16(9-17(20)10-21(28)23(30)31)22(29)27-12-15-2-1-7-26-11-15/h1-11H,12-13H2,(H,27,29)(H,30,31). The molecule has 2 N–H and O–H groups in total. The van der Waals surface area contributed by atoms with Crippen molar-refractivity contribution in [3.05, 3.63) is 100 Å². The van der Waals surface area contributed by atoms with Gasteiger partial charge in [-0.2, -0.15) is 0 Å². The number of amides is 1. The molecule has 8 heteroatoms. The molecule has 156 valence electrons. The molecule has 4 rings (SSSR count). The minimum absolute atomic E-state index is 0.00140. The molecule has 0 spiro atoms. The first-order chi connectivity index (χ1) is 14.9. The van der Waals surface area contributed by atoms with Crippen molar-refractivity contribution in [2.24, 2.45) is 0 Å². The Labute approximate surface area is 181 Å². The molecular formula is C23H17ClFN3O3. The highest BCUT2D eigenvalue weighted by Gasteiger charge is 2.17. The number of carboxylic acid groups (broad SMARTS) is 1. The summed E-state index contributed by atoms with van der Waals surface area (Å²) in [7, 11) is 0. The first kappa shape index (κ1) is 20.6. The molecule has 0 unspecified atom stereocenters. The van der Waals surface area contributed by atoms with E-state index in [4.69, 9.17) is 11.6 Å². The lowest BCUT2D eigenvalue weighted by molar-refractivity contribution is 0.0686. The summed E-state index contributed by atoms with van der Waals surface area (Å²) in [5, 5.41) is 13.0. The zero-order valence-corrected chi connectivity index (χ0v) is 16.9. The van der Waals surface area contributed by atoms with Crippen molar-refractivity contribution in [2.45, 2.75) is 13.1 Å². The van der Waals surface area contributed by atoms with Gasteiger partial charge in [-0.25, -0.2) is 9.18 Å². The van der Waals surface area contributed by atoms with Crippen molar-refractivity contribution < 1.29 is 19.1 Å². The number of fused-ring (bicyclic) bond motifs is 1. The van der Waals surface area contributed by atoms with E-state index in [9.17, 15) is 19.1 Å². The summed E-state index contributed by atoms with van der Waals surface area (Å²) in [6.07, 6.45) is 3.32. The fraction of sp³-hybridized carbons (Fsp3) is 0.0870. The van der Waals surface area contributed by atoms with Gasteiger partial charge in [0, 0.05) is 41.9 Å². The van der Waals surface area contributed by atoms with Gasteiger partial charge in [-0.3, -0.25) is 9.78 Å². The van der Waals surface area contributed by atoms with Gasteiger partial charge < -0.3 is 15.0 Å². The van der Waals surface area contributed by atoms with Crippen LogP contribution in [0.25, 0.3) is 10.9 Å². The highest BCUT2D eigenvalue weighted by atomic mass is 35.5. The van der Waals surface area contributed by atoms with Crippen LogP contribution in [0.2, 0.25) is 5.02 Å². The third-order valence-electron chi connectivity index (χ3n) is 4.88. The van der Waals surface area contributed by atoms with Crippen molar-refractivity contribution in [3.8, 4) is 0 Å². The fourth-order valence-corrected chi connectivity index (χ4v) is 3.48. The van der Waals surface area contributed by atoms with Crippen LogP contribution in [0.1, 0.15) is 32.0 Å². The molecule has 0 bridgehead atoms. The van der Waals surface area contributed by atoms with Crippen molar-refractivity contribution in [3.63, 3.8) is 0 Å². The van der Waals surface area contributed by atoms with E-state index in [2.05, 4.69) is 10.3 Å². The predicted molar refractivity (Wildman–Crippen MR) is 115 cm³/mol. The minimum Gasteiger partial charge on any atom is -0.477 e. The summed E-state index contributed by atoms with van der Waals surface area (Å²) >= 11 is 5.73.